The number of carbonyl (C=O) groups excluding carboxylic acids is 3. The van der Waals surface area contributed by atoms with Gasteiger partial charge in [0.1, 0.15) is 6.10 Å². The number of carbonyl (C=O) groups is 4. The molecule has 314 valence electrons. The first-order valence-electron chi connectivity index (χ1n) is 22.5. The fourth-order valence-electron chi connectivity index (χ4n) is 14.5. The van der Waals surface area contributed by atoms with Crippen molar-refractivity contribution in [1.82, 2.24) is 10.6 Å². The number of fused-ring (bicyclic) bond motifs is 7. The van der Waals surface area contributed by atoms with Gasteiger partial charge in [0.25, 0.3) is 5.91 Å². The molecule has 0 radical (unpaired) electrons. The Bertz CT molecular complexity index is 1860. The van der Waals surface area contributed by atoms with Crippen LogP contribution in [-0.4, -0.2) is 54.4 Å². The van der Waals surface area contributed by atoms with Crippen molar-refractivity contribution in [2.45, 2.75) is 139 Å². The number of halogens is 1. The molecule has 3 N–H and O–H groups in total. The van der Waals surface area contributed by atoms with Crippen LogP contribution in [0.25, 0.3) is 0 Å². The van der Waals surface area contributed by atoms with E-state index in [0.29, 0.717) is 60.1 Å². The number of hydrogen-bond donors (Lipinski definition) is 3. The minimum atomic E-state index is -0.832. The number of nitrogens with one attached hydrogen (secondary N) is 2. The van der Waals surface area contributed by atoms with Crippen LogP contribution in [0.5, 0.6) is 0 Å². The summed E-state index contributed by atoms with van der Waals surface area (Å²) in [7, 11) is 0. The Hall–Kier alpha value is -2.71. The number of aliphatic carboxylic acids is 1. The zero-order valence-electron chi connectivity index (χ0n) is 37.0. The molecule has 1 aromatic rings. The van der Waals surface area contributed by atoms with Gasteiger partial charge >= 0.3 is 11.9 Å². The lowest BCUT2D eigenvalue weighted by atomic mass is 9.33. The molecule has 5 saturated carbocycles. The van der Waals surface area contributed by atoms with Crippen molar-refractivity contribution in [3.05, 3.63) is 46.0 Å². The highest BCUT2D eigenvalue weighted by molar-refractivity contribution is 6.30. The van der Waals surface area contributed by atoms with E-state index in [0.717, 1.165) is 63.4 Å². The van der Waals surface area contributed by atoms with Gasteiger partial charge in [-0.1, -0.05) is 79.5 Å². The Balaban J connectivity index is 1.06. The van der Waals surface area contributed by atoms with Crippen LogP contribution < -0.4 is 10.6 Å². The summed E-state index contributed by atoms with van der Waals surface area (Å²) in [5, 5.41) is 16.5. The predicted octanol–water partition coefficient (Wildman–Crippen LogP) is 9.69. The van der Waals surface area contributed by atoms with Gasteiger partial charge in [0.2, 0.25) is 0 Å². The lowest BCUT2D eigenvalue weighted by molar-refractivity contribution is -0.236. The van der Waals surface area contributed by atoms with Crippen molar-refractivity contribution in [3.63, 3.8) is 0 Å². The van der Waals surface area contributed by atoms with E-state index in [1.165, 1.54) is 5.57 Å². The molecule has 0 saturated heterocycles. The maximum Gasteiger partial charge on any atom is 0.309 e. The van der Waals surface area contributed by atoms with Gasteiger partial charge in [-0.2, -0.15) is 0 Å². The molecule has 1 amide bonds. The second-order valence-electron chi connectivity index (χ2n) is 21.4. The van der Waals surface area contributed by atoms with Crippen LogP contribution in [0.4, 0.5) is 0 Å². The average molecular weight is 807 g/mol. The van der Waals surface area contributed by atoms with Crippen LogP contribution in [0, 0.1) is 68.0 Å². The Labute approximate surface area is 347 Å². The molecule has 6 aliphatic carbocycles. The van der Waals surface area contributed by atoms with E-state index in [9.17, 15) is 24.3 Å². The van der Waals surface area contributed by atoms with Crippen molar-refractivity contribution < 1.29 is 30.4 Å². The summed E-state index contributed by atoms with van der Waals surface area (Å²) in [6.45, 7) is 20.7. The predicted molar refractivity (Wildman–Crippen MR) is 224 cm³/mol. The summed E-state index contributed by atoms with van der Waals surface area (Å²) in [6, 6.07) is 6.66. The van der Waals surface area contributed by atoms with E-state index < -0.39 is 23.8 Å². The molecule has 8 nitrogen and oxygen atoms in total. The Morgan fingerprint density at radius 3 is 2.23 bits per heavy atom. The van der Waals surface area contributed by atoms with Gasteiger partial charge in [-0.3, -0.25) is 19.2 Å². The van der Waals surface area contributed by atoms with Gasteiger partial charge in [-0.05, 0) is 146 Å². The fourth-order valence-corrected chi connectivity index (χ4v) is 14.7. The first kappa shape index (κ1) is 41.0. The lowest BCUT2D eigenvalue weighted by Crippen LogP contribution is -2.66. The van der Waals surface area contributed by atoms with E-state index in [-0.39, 0.29) is 56.9 Å². The third kappa shape index (κ3) is 6.64. The third-order valence-electron chi connectivity index (χ3n) is 18.0. The zero-order chi connectivity index (χ0) is 42.4. The summed E-state index contributed by atoms with van der Waals surface area (Å²) in [5.41, 5.74) is 2.24. The Kier molecular flexibility index (Phi) is 10.6. The molecule has 7 rings (SSSR count). The number of rotatable bonds is 11. The standard InChI is InChI=1S/C48H69ClN2O6/c1-28(2)38-34(52)27-48(22-23-50-24-25-51-40(53)29-10-12-30(49)13-11-29)21-20-46(8)31(39(38)48)14-15-36-45(7)18-17-37(44(5,6)35(45)16-19-47(36,46)9)57-42(56)33-26-32(41(54)55)43(33,3)4/h10-13,28,31-33,35-37,50H,14-27H2,1-9H3,(H,51,53)(H,54,55)/t31-,32+,33-,35+,36-,37+,45+,46-,47-,48-/m1/s1/i25D/t25?,31-,32+,33-,35+,36-,37+,45+,46-,47-,48-. The largest absolute Gasteiger partial charge is 0.481 e. The molecule has 0 heterocycles. The van der Waals surface area contributed by atoms with Crippen molar-refractivity contribution in [1.29, 1.82) is 0 Å². The average Bonchev–Trinajstić information content (AvgIpc) is 3.43. The van der Waals surface area contributed by atoms with Crippen molar-refractivity contribution in [2.24, 2.45) is 68.0 Å². The van der Waals surface area contributed by atoms with Gasteiger partial charge in [0.15, 0.2) is 5.78 Å². The number of carboxylic acids is 1. The van der Waals surface area contributed by atoms with Crippen LogP contribution in [0.1, 0.15) is 145 Å². The van der Waals surface area contributed by atoms with E-state index >= 15 is 0 Å². The van der Waals surface area contributed by atoms with E-state index in [4.69, 9.17) is 17.7 Å². The number of esters is 1. The number of hydrogen-bond acceptors (Lipinski definition) is 6. The van der Waals surface area contributed by atoms with Gasteiger partial charge in [0.05, 0.1) is 13.2 Å². The number of carboxylic acid groups (broad SMARTS) is 1. The monoisotopic (exact) mass is 805 g/mol. The van der Waals surface area contributed by atoms with Gasteiger partial charge in [0, 0.05) is 40.9 Å². The quantitative estimate of drug-likeness (QED) is 0.150. The van der Waals surface area contributed by atoms with Crippen LogP contribution in [-0.2, 0) is 19.1 Å². The number of Topliss-reactive ketones (excluding diaryl/α,β-unsaturated/α-hetero) is 1. The molecule has 11 atom stereocenters. The fraction of sp³-hybridized carbons (Fsp3) is 0.750. The number of benzene rings is 1. The Morgan fingerprint density at radius 2 is 1.58 bits per heavy atom. The summed E-state index contributed by atoms with van der Waals surface area (Å²) >= 11 is 5.98. The molecule has 9 heteroatoms. The maximum atomic E-state index is 14.1. The first-order valence-corrected chi connectivity index (χ1v) is 22.3. The van der Waals surface area contributed by atoms with Crippen LogP contribution >= 0.6 is 11.6 Å². The van der Waals surface area contributed by atoms with Crippen molar-refractivity contribution >= 4 is 35.2 Å². The second-order valence-corrected chi connectivity index (χ2v) is 21.8. The SMILES string of the molecule is [2H]C(CNCC[C@@]12CC[C@]3(C)[C@H](CC[C@@H]4[C@@]5(C)CC[C@H](OC(=O)[C@H]6C[C@@H](C(=O)O)C6(C)C)C(C)(C)[C@@H]5CC[C@]43C)C1=C(C(C)C)C(=O)C2)NC(=O)c1ccc(Cl)cc1. The van der Waals surface area contributed by atoms with Gasteiger partial charge < -0.3 is 20.5 Å². The van der Waals surface area contributed by atoms with Crippen LogP contribution in [0.15, 0.2) is 35.4 Å². The van der Waals surface area contributed by atoms with Crippen molar-refractivity contribution in [2.75, 3.05) is 19.6 Å². The molecule has 57 heavy (non-hydrogen) atoms. The topological polar surface area (TPSA) is 122 Å². The zero-order valence-corrected chi connectivity index (χ0v) is 36.7. The third-order valence-corrected chi connectivity index (χ3v) is 18.2. The van der Waals surface area contributed by atoms with Crippen molar-refractivity contribution in [3.8, 4) is 0 Å². The Morgan fingerprint density at radius 1 is 0.877 bits per heavy atom. The number of ketones is 1. The number of amides is 1. The smallest absolute Gasteiger partial charge is 0.309 e. The highest BCUT2D eigenvalue weighted by atomic mass is 35.5. The highest BCUT2D eigenvalue weighted by Gasteiger charge is 2.70. The summed E-state index contributed by atoms with van der Waals surface area (Å²) in [4.78, 5) is 52.2. The normalized spacial score (nSPS) is 39.8. The lowest BCUT2D eigenvalue weighted by Gasteiger charge is -2.72. The second kappa shape index (κ2) is 14.8. The molecule has 0 bridgehead atoms. The van der Waals surface area contributed by atoms with Crippen LogP contribution in [0.3, 0.4) is 0 Å². The summed E-state index contributed by atoms with van der Waals surface area (Å²) < 4.78 is 14.9. The highest BCUT2D eigenvalue weighted by Crippen LogP contribution is 2.77. The van der Waals surface area contributed by atoms with E-state index in [1.54, 1.807) is 24.3 Å². The molecule has 6 aliphatic rings. The summed E-state index contributed by atoms with van der Waals surface area (Å²) in [6.07, 6.45) is 9.90. The minimum absolute atomic E-state index is 0.0447. The van der Waals surface area contributed by atoms with Crippen LogP contribution in [0.2, 0.25) is 5.02 Å². The van der Waals surface area contributed by atoms with Gasteiger partial charge in [-0.25, -0.2) is 0 Å². The number of allylic oxidation sites excluding steroid dienone is 2. The molecule has 0 spiro atoms. The molecule has 1 aromatic carbocycles. The molecule has 5 fully saturated rings. The minimum Gasteiger partial charge on any atom is -0.481 e. The van der Waals surface area contributed by atoms with Gasteiger partial charge in [-0.15, -0.1) is 0 Å². The first-order chi connectivity index (χ1) is 27.0. The molecule has 0 aromatic heterocycles. The molecule has 1 unspecified atom stereocenters. The molecular weight excluding hydrogens is 736 g/mol. The van der Waals surface area contributed by atoms with E-state index in [1.807, 2.05) is 13.8 Å². The van der Waals surface area contributed by atoms with E-state index in [2.05, 4.69) is 59.1 Å². The maximum absolute atomic E-state index is 14.1. The molecule has 0 aliphatic heterocycles. The summed E-state index contributed by atoms with van der Waals surface area (Å²) in [5.74, 6) is -0.496. The number of ether oxygens (including phenoxy) is 1. The molecular formula is C48H69ClN2O6.